The number of nitrogens with one attached hydrogen (secondary N) is 2. The van der Waals surface area contributed by atoms with E-state index >= 15 is 0 Å². The molecule has 17 heavy (non-hydrogen) atoms. The lowest BCUT2D eigenvalue weighted by atomic mass is 10.2. The summed E-state index contributed by atoms with van der Waals surface area (Å²) in [5.41, 5.74) is 1.48. The lowest BCUT2D eigenvalue weighted by molar-refractivity contribution is 0.0599. The van der Waals surface area contributed by atoms with E-state index < -0.39 is 0 Å². The zero-order valence-electron chi connectivity index (χ0n) is 10.7. The van der Waals surface area contributed by atoms with Crippen LogP contribution in [0, 0.1) is 0 Å². The highest BCUT2D eigenvalue weighted by atomic mass is 16.5. The van der Waals surface area contributed by atoms with Crippen molar-refractivity contribution >= 4 is 5.97 Å². The van der Waals surface area contributed by atoms with Gasteiger partial charge >= 0.3 is 5.97 Å². The fourth-order valence-electron chi connectivity index (χ4n) is 1.59. The topological polar surface area (TPSA) is 57.4 Å². The number of carbonyl (C=O) groups is 1. The number of carbonyl (C=O) groups excluding carboxylic acids is 1. The Balaban J connectivity index is 2.32. The van der Waals surface area contributed by atoms with E-state index in [1.807, 2.05) is 0 Å². The highest BCUT2D eigenvalue weighted by Crippen LogP contribution is 2.07. The molecule has 0 radical (unpaired) electrons. The van der Waals surface area contributed by atoms with Crippen LogP contribution in [-0.4, -0.2) is 50.1 Å². The maximum atomic E-state index is 11.4. The summed E-state index contributed by atoms with van der Waals surface area (Å²) in [5, 5.41) is 3.30. The van der Waals surface area contributed by atoms with Gasteiger partial charge in [-0.2, -0.15) is 0 Å². The van der Waals surface area contributed by atoms with Gasteiger partial charge in [-0.05, 0) is 39.7 Å². The van der Waals surface area contributed by atoms with Crippen molar-refractivity contribution < 1.29 is 9.53 Å². The molecule has 0 spiro atoms. The fraction of sp³-hybridized carbons (Fsp3) is 0.583. The van der Waals surface area contributed by atoms with Crippen LogP contribution in [-0.2, 0) is 11.3 Å². The van der Waals surface area contributed by atoms with E-state index in [1.165, 1.54) is 7.11 Å². The minimum Gasteiger partial charge on any atom is -0.465 e. The van der Waals surface area contributed by atoms with Crippen molar-refractivity contribution in [3.8, 4) is 0 Å². The zero-order valence-corrected chi connectivity index (χ0v) is 10.7. The van der Waals surface area contributed by atoms with Gasteiger partial charge in [0.2, 0.25) is 0 Å². The summed E-state index contributed by atoms with van der Waals surface area (Å²) in [7, 11) is 5.50. The van der Waals surface area contributed by atoms with Crippen molar-refractivity contribution in [3.63, 3.8) is 0 Å². The Labute approximate surface area is 102 Å². The summed E-state index contributed by atoms with van der Waals surface area (Å²) in [6.07, 6.45) is 2.84. The second kappa shape index (κ2) is 7.09. The van der Waals surface area contributed by atoms with Gasteiger partial charge in [0.1, 0.15) is 0 Å². The minimum atomic E-state index is -0.295. The van der Waals surface area contributed by atoms with Crippen molar-refractivity contribution in [1.29, 1.82) is 0 Å². The normalized spacial score (nSPS) is 10.8. The van der Waals surface area contributed by atoms with Gasteiger partial charge in [0.25, 0.3) is 0 Å². The molecule has 0 unspecified atom stereocenters. The van der Waals surface area contributed by atoms with E-state index in [0.717, 1.165) is 25.2 Å². The van der Waals surface area contributed by atoms with E-state index in [9.17, 15) is 4.79 Å². The van der Waals surface area contributed by atoms with Crippen LogP contribution in [0.25, 0.3) is 0 Å². The lowest BCUT2D eigenvalue weighted by Gasteiger charge is -2.09. The predicted molar refractivity (Wildman–Crippen MR) is 67.0 cm³/mol. The largest absolute Gasteiger partial charge is 0.465 e. The molecule has 0 aliphatic carbocycles. The number of hydrogen-bond donors (Lipinski definition) is 2. The van der Waals surface area contributed by atoms with Crippen LogP contribution in [0.15, 0.2) is 12.3 Å². The highest BCUT2D eigenvalue weighted by molar-refractivity contribution is 5.90. The van der Waals surface area contributed by atoms with Crippen molar-refractivity contribution in [3.05, 3.63) is 23.5 Å². The third-order valence-corrected chi connectivity index (χ3v) is 2.50. The number of aromatic nitrogens is 1. The van der Waals surface area contributed by atoms with Crippen molar-refractivity contribution in [2.24, 2.45) is 0 Å². The van der Waals surface area contributed by atoms with Gasteiger partial charge in [-0.15, -0.1) is 0 Å². The summed E-state index contributed by atoms with van der Waals surface area (Å²) >= 11 is 0. The van der Waals surface area contributed by atoms with Crippen LogP contribution in [0.2, 0.25) is 0 Å². The molecule has 0 amide bonds. The van der Waals surface area contributed by atoms with E-state index in [0.29, 0.717) is 12.1 Å². The van der Waals surface area contributed by atoms with Crippen LogP contribution in [0.5, 0.6) is 0 Å². The molecule has 0 bridgehead atoms. The number of esters is 1. The third-order valence-electron chi connectivity index (χ3n) is 2.50. The van der Waals surface area contributed by atoms with Gasteiger partial charge < -0.3 is 19.9 Å². The second-order valence-electron chi connectivity index (χ2n) is 4.20. The molecule has 1 aromatic rings. The van der Waals surface area contributed by atoms with Gasteiger partial charge in [0.05, 0.1) is 12.7 Å². The van der Waals surface area contributed by atoms with Gasteiger partial charge in [-0.25, -0.2) is 4.79 Å². The molecule has 0 aliphatic rings. The van der Waals surface area contributed by atoms with Gasteiger partial charge in [-0.1, -0.05) is 0 Å². The highest BCUT2D eigenvalue weighted by Gasteiger charge is 2.11. The molecule has 5 nitrogen and oxygen atoms in total. The van der Waals surface area contributed by atoms with E-state index in [-0.39, 0.29) is 5.97 Å². The molecule has 0 aliphatic heterocycles. The minimum absolute atomic E-state index is 0.295. The lowest BCUT2D eigenvalue weighted by Crippen LogP contribution is -2.22. The first-order chi connectivity index (χ1) is 8.15. The Morgan fingerprint density at radius 1 is 1.53 bits per heavy atom. The summed E-state index contributed by atoms with van der Waals surface area (Å²) < 4.78 is 4.70. The van der Waals surface area contributed by atoms with E-state index in [2.05, 4.69) is 29.3 Å². The fourth-order valence-corrected chi connectivity index (χ4v) is 1.59. The monoisotopic (exact) mass is 239 g/mol. The SMILES string of the molecule is COC(=O)c1cc[nH]c1CNCCCN(C)C. The first-order valence-electron chi connectivity index (χ1n) is 5.75. The molecule has 0 saturated heterocycles. The number of ether oxygens (including phenoxy) is 1. The Hall–Kier alpha value is -1.33. The van der Waals surface area contributed by atoms with Gasteiger partial charge in [0, 0.05) is 18.4 Å². The Morgan fingerprint density at radius 2 is 2.29 bits per heavy atom. The molecular weight excluding hydrogens is 218 g/mol. The van der Waals surface area contributed by atoms with Crippen molar-refractivity contribution in [2.45, 2.75) is 13.0 Å². The predicted octanol–water partition coefficient (Wildman–Crippen LogP) is 0.843. The Bertz CT molecular complexity index is 347. The summed E-state index contributed by atoms with van der Waals surface area (Å²) in [6.45, 7) is 2.64. The van der Waals surface area contributed by atoms with Gasteiger partial charge in [0.15, 0.2) is 0 Å². The molecule has 1 aromatic heterocycles. The van der Waals surface area contributed by atoms with Gasteiger partial charge in [-0.3, -0.25) is 0 Å². The molecule has 5 heteroatoms. The molecule has 0 fully saturated rings. The number of H-pyrrole nitrogens is 1. The molecule has 0 atom stereocenters. The number of rotatable bonds is 7. The molecule has 1 heterocycles. The molecule has 0 aromatic carbocycles. The number of hydrogen-bond acceptors (Lipinski definition) is 4. The average Bonchev–Trinajstić information content (AvgIpc) is 2.75. The molecule has 1 rings (SSSR count). The first-order valence-corrected chi connectivity index (χ1v) is 5.75. The maximum absolute atomic E-state index is 11.4. The van der Waals surface area contributed by atoms with E-state index in [4.69, 9.17) is 4.74 Å². The van der Waals surface area contributed by atoms with E-state index in [1.54, 1.807) is 12.3 Å². The van der Waals surface area contributed by atoms with Crippen LogP contribution >= 0.6 is 0 Å². The maximum Gasteiger partial charge on any atom is 0.339 e. The van der Waals surface area contributed by atoms with Crippen molar-refractivity contribution in [2.75, 3.05) is 34.3 Å². The van der Waals surface area contributed by atoms with Crippen LogP contribution in [0.1, 0.15) is 22.5 Å². The molecule has 2 N–H and O–H groups in total. The first kappa shape index (κ1) is 13.7. The van der Waals surface area contributed by atoms with Crippen LogP contribution < -0.4 is 5.32 Å². The van der Waals surface area contributed by atoms with Crippen molar-refractivity contribution in [1.82, 2.24) is 15.2 Å². The molecule has 0 saturated carbocycles. The standard InChI is InChI=1S/C12H21N3O2/c1-15(2)8-4-6-13-9-11-10(5-7-14-11)12(16)17-3/h5,7,13-14H,4,6,8-9H2,1-3H3. The Morgan fingerprint density at radius 3 is 2.94 bits per heavy atom. The van der Waals surface area contributed by atoms with Crippen LogP contribution in [0.4, 0.5) is 0 Å². The smallest absolute Gasteiger partial charge is 0.339 e. The summed E-state index contributed by atoms with van der Waals surface area (Å²) in [4.78, 5) is 16.6. The zero-order chi connectivity index (χ0) is 12.7. The Kier molecular flexibility index (Phi) is 5.72. The summed E-state index contributed by atoms with van der Waals surface area (Å²) in [5.74, 6) is -0.295. The molecular formula is C12H21N3O2. The third kappa shape index (κ3) is 4.58. The molecule has 96 valence electrons. The summed E-state index contributed by atoms with van der Waals surface area (Å²) in [6, 6.07) is 1.74. The number of methoxy groups -OCH3 is 1. The van der Waals surface area contributed by atoms with Crippen LogP contribution in [0.3, 0.4) is 0 Å². The second-order valence-corrected chi connectivity index (χ2v) is 4.20. The average molecular weight is 239 g/mol. The quantitative estimate of drug-likeness (QED) is 0.547. The number of aromatic amines is 1. The number of nitrogens with zero attached hydrogens (tertiary/aromatic N) is 1.